The summed E-state index contributed by atoms with van der Waals surface area (Å²) < 4.78 is 9.60. The lowest BCUT2D eigenvalue weighted by molar-refractivity contribution is 0.0597. The monoisotopic (exact) mass is 258 g/mol. The molecule has 0 aromatic heterocycles. The number of ether oxygens (including phenoxy) is 2. The standard InChI is InChI=1S/C8H8O3.C7H6O/c1-11-8(10)6-4-2-3-5-7(6)9;1-2-6-4-7(3-1)8-5-6/h2-5,9H,1H3;1-4H,5H2. The number of esters is 1. The van der Waals surface area contributed by atoms with Gasteiger partial charge in [0.05, 0.1) is 7.11 Å². The van der Waals surface area contributed by atoms with Gasteiger partial charge >= 0.3 is 5.97 Å². The van der Waals surface area contributed by atoms with Crippen LogP contribution in [0.5, 0.6) is 11.5 Å². The number of fused-ring (bicyclic) bond motifs is 2. The number of rotatable bonds is 1. The summed E-state index contributed by atoms with van der Waals surface area (Å²) in [5.74, 6) is 0.421. The van der Waals surface area contributed by atoms with E-state index in [0.717, 1.165) is 12.4 Å². The molecule has 4 heteroatoms. The van der Waals surface area contributed by atoms with E-state index >= 15 is 0 Å². The normalized spacial score (nSPS) is 11.0. The van der Waals surface area contributed by atoms with Crippen LogP contribution in [0, 0.1) is 0 Å². The van der Waals surface area contributed by atoms with Crippen molar-refractivity contribution in [3.05, 3.63) is 59.7 Å². The lowest BCUT2D eigenvalue weighted by atomic mass is 10.2. The zero-order valence-corrected chi connectivity index (χ0v) is 10.5. The van der Waals surface area contributed by atoms with E-state index < -0.39 is 5.97 Å². The molecule has 0 radical (unpaired) electrons. The van der Waals surface area contributed by atoms with Crippen molar-refractivity contribution < 1.29 is 19.4 Å². The summed E-state index contributed by atoms with van der Waals surface area (Å²) in [6, 6.07) is 14.3. The van der Waals surface area contributed by atoms with Gasteiger partial charge in [0.25, 0.3) is 0 Å². The van der Waals surface area contributed by atoms with Crippen molar-refractivity contribution in [3.63, 3.8) is 0 Å². The van der Waals surface area contributed by atoms with Gasteiger partial charge in [0.2, 0.25) is 0 Å². The highest BCUT2D eigenvalue weighted by Gasteiger charge is 2.08. The summed E-state index contributed by atoms with van der Waals surface area (Å²) in [6.45, 7) is 0.766. The summed E-state index contributed by atoms with van der Waals surface area (Å²) in [5.41, 5.74) is 1.47. The minimum Gasteiger partial charge on any atom is -0.507 e. The van der Waals surface area contributed by atoms with E-state index in [1.54, 1.807) is 12.1 Å². The third-order valence-corrected chi connectivity index (χ3v) is 2.61. The number of hydrogen-bond acceptors (Lipinski definition) is 4. The van der Waals surface area contributed by atoms with Gasteiger partial charge in [0, 0.05) is 0 Å². The first kappa shape index (κ1) is 13.0. The Labute approximate surface area is 111 Å². The summed E-state index contributed by atoms with van der Waals surface area (Å²) in [4.78, 5) is 10.9. The van der Waals surface area contributed by atoms with E-state index in [1.165, 1.54) is 24.8 Å². The zero-order valence-electron chi connectivity index (χ0n) is 10.5. The van der Waals surface area contributed by atoms with Crippen molar-refractivity contribution in [1.29, 1.82) is 0 Å². The highest BCUT2D eigenvalue weighted by atomic mass is 16.5. The van der Waals surface area contributed by atoms with Gasteiger partial charge in [0.1, 0.15) is 23.7 Å². The quantitative estimate of drug-likeness (QED) is 0.799. The second-order valence-corrected chi connectivity index (χ2v) is 3.94. The average molecular weight is 258 g/mol. The summed E-state index contributed by atoms with van der Waals surface area (Å²) in [6.07, 6.45) is 0. The lowest BCUT2D eigenvalue weighted by Crippen LogP contribution is -2.00. The summed E-state index contributed by atoms with van der Waals surface area (Å²) >= 11 is 0. The molecule has 2 aromatic rings. The molecule has 2 aromatic carbocycles. The van der Waals surface area contributed by atoms with Gasteiger partial charge < -0.3 is 14.6 Å². The van der Waals surface area contributed by atoms with Gasteiger partial charge in [-0.25, -0.2) is 4.79 Å². The molecular formula is C15H14O4. The number of benzene rings is 2. The Balaban J connectivity index is 0.000000146. The number of carbonyl (C=O) groups excluding carboxylic acids is 1. The Morgan fingerprint density at radius 3 is 2.63 bits per heavy atom. The van der Waals surface area contributed by atoms with Gasteiger partial charge in [-0.05, 0) is 29.8 Å². The molecule has 0 aliphatic carbocycles. The maximum atomic E-state index is 10.9. The first-order valence-electron chi connectivity index (χ1n) is 5.79. The second-order valence-electron chi connectivity index (χ2n) is 3.94. The molecule has 0 unspecified atom stereocenters. The molecule has 1 N–H and O–H groups in total. The fourth-order valence-corrected chi connectivity index (χ4v) is 1.65. The first-order chi connectivity index (χ1) is 9.20. The summed E-state index contributed by atoms with van der Waals surface area (Å²) in [7, 11) is 1.27. The Bertz CT molecular complexity index is 559. The molecule has 0 saturated heterocycles. The molecular weight excluding hydrogens is 244 g/mol. The van der Waals surface area contributed by atoms with Gasteiger partial charge in [0.15, 0.2) is 0 Å². The predicted molar refractivity (Wildman–Crippen MR) is 70.2 cm³/mol. The van der Waals surface area contributed by atoms with Crippen molar-refractivity contribution in [2.24, 2.45) is 0 Å². The zero-order chi connectivity index (χ0) is 13.7. The van der Waals surface area contributed by atoms with Crippen LogP contribution in [0.3, 0.4) is 0 Å². The number of para-hydroxylation sites is 1. The third kappa shape index (κ3) is 3.25. The Morgan fingerprint density at radius 2 is 2.00 bits per heavy atom. The van der Waals surface area contributed by atoms with Crippen LogP contribution in [0.1, 0.15) is 15.9 Å². The molecule has 98 valence electrons. The molecule has 0 spiro atoms. The predicted octanol–water partition coefficient (Wildman–Crippen LogP) is 2.76. The molecule has 0 atom stereocenters. The number of phenolic OH excluding ortho intramolecular Hbond substituents is 1. The van der Waals surface area contributed by atoms with Gasteiger partial charge in [-0.15, -0.1) is 0 Å². The molecule has 19 heavy (non-hydrogen) atoms. The number of carbonyl (C=O) groups is 1. The van der Waals surface area contributed by atoms with Crippen molar-refractivity contribution in [3.8, 4) is 11.5 Å². The molecule has 1 heterocycles. The maximum Gasteiger partial charge on any atom is 0.341 e. The van der Waals surface area contributed by atoms with Crippen LogP contribution in [0.25, 0.3) is 0 Å². The molecule has 0 saturated carbocycles. The Morgan fingerprint density at radius 1 is 1.21 bits per heavy atom. The van der Waals surface area contributed by atoms with Gasteiger partial charge in [-0.3, -0.25) is 0 Å². The molecule has 0 fully saturated rings. The minimum atomic E-state index is -0.525. The van der Waals surface area contributed by atoms with E-state index in [1.807, 2.05) is 12.1 Å². The van der Waals surface area contributed by atoms with Crippen molar-refractivity contribution in [2.75, 3.05) is 7.11 Å². The number of methoxy groups -OCH3 is 1. The van der Waals surface area contributed by atoms with Crippen LogP contribution in [0.4, 0.5) is 0 Å². The van der Waals surface area contributed by atoms with Crippen LogP contribution >= 0.6 is 0 Å². The summed E-state index contributed by atoms with van der Waals surface area (Å²) in [5, 5.41) is 9.11. The Hall–Kier alpha value is -2.49. The molecule has 4 nitrogen and oxygen atoms in total. The minimum absolute atomic E-state index is 0.0562. The average Bonchev–Trinajstić information content (AvgIpc) is 2.78. The van der Waals surface area contributed by atoms with Crippen LogP contribution < -0.4 is 4.74 Å². The lowest BCUT2D eigenvalue weighted by Gasteiger charge is -1.99. The molecule has 0 amide bonds. The number of hydrogen-bond donors (Lipinski definition) is 1. The van der Waals surface area contributed by atoms with Crippen LogP contribution in [0.2, 0.25) is 0 Å². The SMILES string of the molecule is COC(=O)c1ccccc1O.c1cc2cc(c1)OC2. The maximum absolute atomic E-state index is 10.9. The molecule has 3 rings (SSSR count). The van der Waals surface area contributed by atoms with Gasteiger partial charge in [-0.2, -0.15) is 0 Å². The van der Waals surface area contributed by atoms with E-state index in [4.69, 9.17) is 9.84 Å². The first-order valence-corrected chi connectivity index (χ1v) is 5.79. The molecule has 1 aliphatic rings. The second kappa shape index (κ2) is 5.91. The van der Waals surface area contributed by atoms with Crippen molar-refractivity contribution in [1.82, 2.24) is 0 Å². The molecule has 1 aliphatic heterocycles. The van der Waals surface area contributed by atoms with E-state index in [0.29, 0.717) is 0 Å². The van der Waals surface area contributed by atoms with Crippen LogP contribution in [-0.2, 0) is 11.3 Å². The highest BCUT2D eigenvalue weighted by Crippen LogP contribution is 2.20. The van der Waals surface area contributed by atoms with Gasteiger partial charge in [-0.1, -0.05) is 24.3 Å². The van der Waals surface area contributed by atoms with E-state index in [-0.39, 0.29) is 11.3 Å². The topological polar surface area (TPSA) is 55.8 Å². The van der Waals surface area contributed by atoms with E-state index in [9.17, 15) is 4.79 Å². The van der Waals surface area contributed by atoms with Crippen LogP contribution in [0.15, 0.2) is 48.5 Å². The number of aromatic hydroxyl groups is 1. The van der Waals surface area contributed by atoms with E-state index in [2.05, 4.69) is 16.9 Å². The van der Waals surface area contributed by atoms with Crippen molar-refractivity contribution in [2.45, 2.75) is 6.61 Å². The number of phenols is 1. The smallest absolute Gasteiger partial charge is 0.341 e. The largest absolute Gasteiger partial charge is 0.507 e. The van der Waals surface area contributed by atoms with Crippen molar-refractivity contribution >= 4 is 5.97 Å². The third-order valence-electron chi connectivity index (χ3n) is 2.61. The fourth-order valence-electron chi connectivity index (χ4n) is 1.65. The fraction of sp³-hybridized carbons (Fsp3) is 0.133. The molecule has 2 bridgehead atoms. The highest BCUT2D eigenvalue weighted by molar-refractivity contribution is 5.92. The Kier molecular flexibility index (Phi) is 4.03. The van der Waals surface area contributed by atoms with Crippen LogP contribution in [-0.4, -0.2) is 18.2 Å².